The van der Waals surface area contributed by atoms with Crippen LogP contribution in [0.2, 0.25) is 10.0 Å². The molecule has 2 N–H and O–H groups in total. The van der Waals surface area contributed by atoms with Crippen LogP contribution in [0.15, 0.2) is 48.8 Å². The Morgan fingerprint density at radius 1 is 1.12 bits per heavy atom. The van der Waals surface area contributed by atoms with Crippen LogP contribution in [0.1, 0.15) is 22.8 Å². The molecule has 0 aliphatic carbocycles. The summed E-state index contributed by atoms with van der Waals surface area (Å²) in [6.45, 7) is 1.52. The van der Waals surface area contributed by atoms with Crippen molar-refractivity contribution in [2.24, 2.45) is 7.05 Å². The van der Waals surface area contributed by atoms with E-state index in [1.165, 1.54) is 12.4 Å². The summed E-state index contributed by atoms with van der Waals surface area (Å²) in [6, 6.07) is 10.6. The van der Waals surface area contributed by atoms with Crippen LogP contribution in [0, 0.1) is 0 Å². The molecule has 0 saturated carbocycles. The zero-order valence-electron chi connectivity index (χ0n) is 17.7. The lowest BCUT2D eigenvalue weighted by Gasteiger charge is -2.10. The second-order valence-corrected chi connectivity index (χ2v) is 10.1. The predicted octanol–water partition coefficient (Wildman–Crippen LogP) is 4.66. The van der Waals surface area contributed by atoms with Gasteiger partial charge in [-0.05, 0) is 37.3 Å². The maximum atomic E-state index is 13.0. The normalized spacial score (nSPS) is 11.8. The summed E-state index contributed by atoms with van der Waals surface area (Å²) < 4.78 is 28.5. The standard InChI is InChI=1S/C22H20Cl2N4O4S/c1-3-33(30,31)27-13-7-8-19-15(9-13)21-14(5-4-6-20(21)28(19)2)22(29)26-32-12-16-17(23)10-25-11-18(16)24/h4-11,27H,3,12H2,1-2H3,(H,26,29). The van der Waals surface area contributed by atoms with Gasteiger partial charge >= 0.3 is 0 Å². The molecule has 33 heavy (non-hydrogen) atoms. The topological polar surface area (TPSA) is 102 Å². The first-order chi connectivity index (χ1) is 15.7. The van der Waals surface area contributed by atoms with E-state index in [9.17, 15) is 13.2 Å². The van der Waals surface area contributed by atoms with Crippen LogP contribution in [0.4, 0.5) is 5.69 Å². The summed E-state index contributed by atoms with van der Waals surface area (Å²) in [5, 5.41) is 2.06. The van der Waals surface area contributed by atoms with Crippen molar-refractivity contribution >= 4 is 66.6 Å². The number of sulfonamides is 1. The number of pyridine rings is 1. The van der Waals surface area contributed by atoms with Crippen molar-refractivity contribution in [1.29, 1.82) is 0 Å². The van der Waals surface area contributed by atoms with Gasteiger partial charge in [0.25, 0.3) is 5.91 Å². The Hall–Kier alpha value is -2.85. The number of fused-ring (bicyclic) bond motifs is 3. The number of hydroxylamine groups is 1. The molecular formula is C22H20Cl2N4O4S. The van der Waals surface area contributed by atoms with Crippen LogP contribution in [-0.2, 0) is 28.5 Å². The summed E-state index contributed by atoms with van der Waals surface area (Å²) in [5.74, 6) is -0.509. The highest BCUT2D eigenvalue weighted by Gasteiger charge is 2.18. The molecule has 0 fully saturated rings. The summed E-state index contributed by atoms with van der Waals surface area (Å²) in [4.78, 5) is 22.3. The minimum Gasteiger partial charge on any atom is -0.344 e. The van der Waals surface area contributed by atoms with Crippen LogP contribution in [0.5, 0.6) is 0 Å². The van der Waals surface area contributed by atoms with Gasteiger partial charge in [0.05, 0.1) is 21.4 Å². The van der Waals surface area contributed by atoms with Crippen molar-refractivity contribution in [3.63, 3.8) is 0 Å². The van der Waals surface area contributed by atoms with E-state index in [-0.39, 0.29) is 12.4 Å². The Kier molecular flexibility index (Phi) is 6.49. The number of aryl methyl sites for hydroxylation is 1. The molecule has 0 atom stereocenters. The third kappa shape index (κ3) is 4.63. The lowest BCUT2D eigenvalue weighted by Crippen LogP contribution is -2.24. The molecule has 0 bridgehead atoms. The molecule has 1 amide bonds. The summed E-state index contributed by atoms with van der Waals surface area (Å²) >= 11 is 12.2. The number of hydrogen-bond acceptors (Lipinski definition) is 5. The van der Waals surface area contributed by atoms with Gasteiger partial charge in [-0.25, -0.2) is 13.9 Å². The second kappa shape index (κ2) is 9.18. The number of nitrogens with zero attached hydrogens (tertiary/aromatic N) is 2. The van der Waals surface area contributed by atoms with Gasteiger partial charge in [-0.15, -0.1) is 0 Å². The van der Waals surface area contributed by atoms with Crippen molar-refractivity contribution in [1.82, 2.24) is 15.0 Å². The SMILES string of the molecule is CCS(=O)(=O)Nc1ccc2c(c1)c1c(C(=O)NOCc3c(Cl)cncc3Cl)cccc1n2C. The van der Waals surface area contributed by atoms with Crippen molar-refractivity contribution in [2.75, 3.05) is 10.5 Å². The number of halogens is 2. The van der Waals surface area contributed by atoms with Gasteiger partial charge in [0.15, 0.2) is 0 Å². The number of carbonyl (C=O) groups is 1. The number of carbonyl (C=O) groups excluding carboxylic acids is 1. The molecule has 11 heteroatoms. The van der Waals surface area contributed by atoms with Crippen molar-refractivity contribution < 1.29 is 18.0 Å². The van der Waals surface area contributed by atoms with Crippen molar-refractivity contribution in [3.05, 3.63) is 70.0 Å². The quantitative estimate of drug-likeness (QED) is 0.355. The monoisotopic (exact) mass is 506 g/mol. The maximum absolute atomic E-state index is 13.0. The zero-order chi connectivity index (χ0) is 23.8. The number of anilines is 1. The Bertz CT molecular complexity index is 1460. The number of aromatic nitrogens is 2. The van der Waals surface area contributed by atoms with E-state index in [4.69, 9.17) is 28.0 Å². The van der Waals surface area contributed by atoms with Crippen molar-refractivity contribution in [2.45, 2.75) is 13.5 Å². The molecule has 4 aromatic rings. The van der Waals surface area contributed by atoms with E-state index in [0.29, 0.717) is 32.2 Å². The predicted molar refractivity (Wildman–Crippen MR) is 130 cm³/mol. The third-order valence-corrected chi connectivity index (χ3v) is 7.22. The van der Waals surface area contributed by atoms with Gasteiger partial charge in [0.2, 0.25) is 10.0 Å². The molecule has 2 aromatic heterocycles. The summed E-state index contributed by atoms with van der Waals surface area (Å²) in [5.41, 5.74) is 5.40. The van der Waals surface area contributed by atoms with Gasteiger partial charge < -0.3 is 4.57 Å². The number of hydrogen-bond donors (Lipinski definition) is 2. The van der Waals surface area contributed by atoms with Crippen molar-refractivity contribution in [3.8, 4) is 0 Å². The molecule has 0 radical (unpaired) electrons. The Morgan fingerprint density at radius 3 is 2.55 bits per heavy atom. The lowest BCUT2D eigenvalue weighted by atomic mass is 10.1. The van der Waals surface area contributed by atoms with E-state index >= 15 is 0 Å². The average molecular weight is 507 g/mol. The molecule has 0 spiro atoms. The lowest BCUT2D eigenvalue weighted by molar-refractivity contribution is 0.0235. The molecule has 2 aromatic carbocycles. The smallest absolute Gasteiger partial charge is 0.275 e. The minimum absolute atomic E-state index is 0.0413. The molecular weight excluding hydrogens is 487 g/mol. The molecule has 2 heterocycles. The fraction of sp³-hybridized carbons (Fsp3) is 0.182. The highest BCUT2D eigenvalue weighted by atomic mass is 35.5. The first kappa shape index (κ1) is 23.3. The van der Waals surface area contributed by atoms with Gasteiger partial charge in [0, 0.05) is 52.5 Å². The highest BCUT2D eigenvalue weighted by Crippen LogP contribution is 2.33. The molecule has 8 nitrogen and oxygen atoms in total. The fourth-order valence-electron chi connectivity index (χ4n) is 3.57. The van der Waals surface area contributed by atoms with E-state index in [1.54, 1.807) is 31.2 Å². The second-order valence-electron chi connectivity index (χ2n) is 7.30. The van der Waals surface area contributed by atoms with Gasteiger partial charge in [-0.3, -0.25) is 19.3 Å². The Labute approximate surface area is 200 Å². The zero-order valence-corrected chi connectivity index (χ0v) is 20.1. The molecule has 0 unspecified atom stereocenters. The van der Waals surface area contributed by atoms with Gasteiger partial charge in [-0.1, -0.05) is 29.3 Å². The fourth-order valence-corrected chi connectivity index (χ4v) is 4.67. The molecule has 4 rings (SSSR count). The number of rotatable bonds is 7. The van der Waals surface area contributed by atoms with Gasteiger partial charge in [-0.2, -0.15) is 0 Å². The van der Waals surface area contributed by atoms with Crippen LogP contribution in [0.25, 0.3) is 21.8 Å². The summed E-state index contributed by atoms with van der Waals surface area (Å²) in [7, 11) is -1.56. The van der Waals surface area contributed by atoms with E-state index in [2.05, 4.69) is 15.2 Å². The van der Waals surface area contributed by atoms with Crippen LogP contribution in [0.3, 0.4) is 0 Å². The van der Waals surface area contributed by atoms with Crippen LogP contribution in [-0.4, -0.2) is 29.6 Å². The Morgan fingerprint density at radius 2 is 1.85 bits per heavy atom. The average Bonchev–Trinajstić information content (AvgIpc) is 3.07. The minimum atomic E-state index is -3.44. The van der Waals surface area contributed by atoms with Crippen LogP contribution >= 0.6 is 23.2 Å². The maximum Gasteiger partial charge on any atom is 0.275 e. The largest absolute Gasteiger partial charge is 0.344 e. The number of benzene rings is 2. The Balaban J connectivity index is 1.68. The number of amides is 1. The highest BCUT2D eigenvalue weighted by molar-refractivity contribution is 7.92. The first-order valence-corrected chi connectivity index (χ1v) is 12.3. The summed E-state index contributed by atoms with van der Waals surface area (Å²) in [6.07, 6.45) is 2.88. The van der Waals surface area contributed by atoms with Crippen LogP contribution < -0.4 is 10.2 Å². The molecule has 0 aliphatic rings. The molecule has 0 saturated heterocycles. The molecule has 172 valence electrons. The first-order valence-electron chi connectivity index (χ1n) is 9.93. The van der Waals surface area contributed by atoms with E-state index in [0.717, 1.165) is 16.4 Å². The van der Waals surface area contributed by atoms with E-state index < -0.39 is 15.9 Å². The number of nitrogens with one attached hydrogen (secondary N) is 2. The van der Waals surface area contributed by atoms with E-state index in [1.807, 2.05) is 23.7 Å². The van der Waals surface area contributed by atoms with Gasteiger partial charge in [0.1, 0.15) is 6.61 Å². The third-order valence-electron chi connectivity index (χ3n) is 5.26. The molecule has 0 aliphatic heterocycles.